The van der Waals surface area contributed by atoms with Crippen molar-refractivity contribution in [1.29, 1.82) is 0 Å². The molecule has 4 heteroatoms. The van der Waals surface area contributed by atoms with E-state index in [0.717, 1.165) is 31.7 Å². The number of likely N-dealkylation sites (N-methyl/N-ethyl adjacent to an activating group) is 1. The molecule has 0 bridgehead atoms. The van der Waals surface area contributed by atoms with E-state index in [0.29, 0.717) is 12.1 Å². The van der Waals surface area contributed by atoms with Crippen LogP contribution in [0.3, 0.4) is 0 Å². The number of likely N-dealkylation sites (tertiary alicyclic amines) is 1. The van der Waals surface area contributed by atoms with E-state index in [1.165, 1.54) is 5.56 Å². The van der Waals surface area contributed by atoms with Gasteiger partial charge in [-0.25, -0.2) is 0 Å². The van der Waals surface area contributed by atoms with Crippen LogP contribution in [-0.4, -0.2) is 54.0 Å². The second kappa shape index (κ2) is 7.82. The number of benzene rings is 1. The number of carbonyl (C=O) groups is 1. The molecule has 4 nitrogen and oxygen atoms in total. The molecule has 0 aliphatic carbocycles. The molecular formula is C19H30N2O2. The maximum absolute atomic E-state index is 12.6. The fraction of sp³-hybridized carbons (Fsp3) is 0.632. The molecule has 0 aromatic heterocycles. The van der Waals surface area contributed by atoms with Gasteiger partial charge in [-0.3, -0.25) is 4.79 Å². The Bertz CT molecular complexity index is 505. The van der Waals surface area contributed by atoms with Crippen LogP contribution in [0.25, 0.3) is 0 Å². The summed E-state index contributed by atoms with van der Waals surface area (Å²) in [6.07, 6.45) is 1.63. The van der Waals surface area contributed by atoms with Gasteiger partial charge in [0.05, 0.1) is 0 Å². The van der Waals surface area contributed by atoms with Crippen LogP contribution in [0, 0.1) is 6.92 Å². The lowest BCUT2D eigenvalue weighted by molar-refractivity contribution is -0.139. The first kappa shape index (κ1) is 17.8. The van der Waals surface area contributed by atoms with Crippen LogP contribution in [-0.2, 0) is 4.79 Å². The van der Waals surface area contributed by atoms with Gasteiger partial charge in [0.15, 0.2) is 6.10 Å². The average Bonchev–Trinajstić information content (AvgIpc) is 2.55. The van der Waals surface area contributed by atoms with Crippen LogP contribution in [0.5, 0.6) is 5.75 Å². The number of aryl methyl sites for hydroxylation is 1. The van der Waals surface area contributed by atoms with E-state index in [-0.39, 0.29) is 5.91 Å². The van der Waals surface area contributed by atoms with Gasteiger partial charge < -0.3 is 14.5 Å². The largest absolute Gasteiger partial charge is 0.481 e. The summed E-state index contributed by atoms with van der Waals surface area (Å²) in [6, 6.07) is 8.73. The van der Waals surface area contributed by atoms with Gasteiger partial charge in [0, 0.05) is 32.2 Å². The molecule has 2 rings (SSSR count). The van der Waals surface area contributed by atoms with E-state index in [9.17, 15) is 4.79 Å². The van der Waals surface area contributed by atoms with E-state index < -0.39 is 6.10 Å². The predicted molar refractivity (Wildman–Crippen MR) is 93.8 cm³/mol. The summed E-state index contributed by atoms with van der Waals surface area (Å²) >= 11 is 0. The highest BCUT2D eigenvalue weighted by molar-refractivity contribution is 5.81. The van der Waals surface area contributed by atoms with Crippen molar-refractivity contribution in [2.75, 3.05) is 20.1 Å². The smallest absolute Gasteiger partial charge is 0.263 e. The Labute approximate surface area is 140 Å². The van der Waals surface area contributed by atoms with Crippen LogP contribution in [0.4, 0.5) is 0 Å². The fourth-order valence-corrected chi connectivity index (χ4v) is 3.13. The summed E-state index contributed by atoms with van der Waals surface area (Å²) in [7, 11) is 1.91. The monoisotopic (exact) mass is 318 g/mol. The Morgan fingerprint density at radius 3 is 2.26 bits per heavy atom. The van der Waals surface area contributed by atoms with E-state index in [2.05, 4.69) is 18.7 Å². The molecule has 0 saturated carbocycles. The van der Waals surface area contributed by atoms with E-state index in [1.807, 2.05) is 50.1 Å². The third-order valence-electron chi connectivity index (χ3n) is 4.81. The van der Waals surface area contributed by atoms with Crippen molar-refractivity contribution < 1.29 is 9.53 Å². The molecule has 0 N–H and O–H groups in total. The molecule has 1 aliphatic rings. The van der Waals surface area contributed by atoms with Gasteiger partial charge in [-0.15, -0.1) is 0 Å². The molecule has 1 aliphatic heterocycles. The topological polar surface area (TPSA) is 32.8 Å². The second-order valence-electron chi connectivity index (χ2n) is 6.88. The third-order valence-corrected chi connectivity index (χ3v) is 4.81. The normalized spacial score (nSPS) is 18.0. The average molecular weight is 318 g/mol. The summed E-state index contributed by atoms with van der Waals surface area (Å²) in [4.78, 5) is 17.0. The zero-order valence-electron chi connectivity index (χ0n) is 15.1. The van der Waals surface area contributed by atoms with Gasteiger partial charge >= 0.3 is 0 Å². The molecule has 0 radical (unpaired) electrons. The quantitative estimate of drug-likeness (QED) is 0.836. The van der Waals surface area contributed by atoms with Gasteiger partial charge in [-0.05, 0) is 52.7 Å². The lowest BCUT2D eigenvalue weighted by Gasteiger charge is -2.39. The zero-order chi connectivity index (χ0) is 17.0. The Balaban J connectivity index is 1.87. The van der Waals surface area contributed by atoms with E-state index in [1.54, 1.807) is 0 Å². The Hall–Kier alpha value is -1.55. The SMILES string of the molecule is Cc1ccc(OC(C)C(=O)N(C)C2CCN(C(C)C)CC2)cc1. The number of ether oxygens (including phenoxy) is 1. The fourth-order valence-electron chi connectivity index (χ4n) is 3.13. The molecule has 1 atom stereocenters. The summed E-state index contributed by atoms with van der Waals surface area (Å²) in [5.41, 5.74) is 1.19. The first-order valence-corrected chi connectivity index (χ1v) is 8.62. The third kappa shape index (κ3) is 4.71. The summed E-state index contributed by atoms with van der Waals surface area (Å²) < 4.78 is 5.80. The molecule has 128 valence electrons. The number of piperidine rings is 1. The highest BCUT2D eigenvalue weighted by atomic mass is 16.5. The number of amides is 1. The van der Waals surface area contributed by atoms with Crippen molar-refractivity contribution >= 4 is 5.91 Å². The van der Waals surface area contributed by atoms with Crippen LogP contribution >= 0.6 is 0 Å². The molecule has 0 spiro atoms. The maximum Gasteiger partial charge on any atom is 0.263 e. The molecule has 23 heavy (non-hydrogen) atoms. The van der Waals surface area contributed by atoms with Crippen LogP contribution < -0.4 is 4.74 Å². The Kier molecular flexibility index (Phi) is 6.05. The molecule has 1 aromatic carbocycles. The van der Waals surface area contributed by atoms with Crippen molar-refractivity contribution in [2.45, 2.75) is 58.7 Å². The molecule has 1 saturated heterocycles. The highest BCUT2D eigenvalue weighted by Gasteiger charge is 2.29. The Morgan fingerprint density at radius 1 is 1.17 bits per heavy atom. The van der Waals surface area contributed by atoms with Crippen molar-refractivity contribution in [3.63, 3.8) is 0 Å². The van der Waals surface area contributed by atoms with Crippen LogP contribution in [0.15, 0.2) is 24.3 Å². The van der Waals surface area contributed by atoms with Gasteiger partial charge in [-0.1, -0.05) is 17.7 Å². The molecule has 1 aromatic rings. The van der Waals surface area contributed by atoms with Crippen LogP contribution in [0.2, 0.25) is 0 Å². The first-order valence-electron chi connectivity index (χ1n) is 8.62. The molecular weight excluding hydrogens is 288 g/mol. The zero-order valence-corrected chi connectivity index (χ0v) is 15.1. The van der Waals surface area contributed by atoms with Crippen LogP contribution in [0.1, 0.15) is 39.2 Å². The second-order valence-corrected chi connectivity index (χ2v) is 6.88. The van der Waals surface area contributed by atoms with Gasteiger partial charge in [0.2, 0.25) is 0 Å². The molecule has 1 fully saturated rings. The number of carbonyl (C=O) groups excluding carboxylic acids is 1. The number of hydrogen-bond acceptors (Lipinski definition) is 3. The number of nitrogens with zero attached hydrogens (tertiary/aromatic N) is 2. The van der Waals surface area contributed by atoms with Crippen molar-refractivity contribution in [1.82, 2.24) is 9.80 Å². The molecule has 1 unspecified atom stereocenters. The highest BCUT2D eigenvalue weighted by Crippen LogP contribution is 2.19. The summed E-state index contributed by atoms with van der Waals surface area (Å²) in [5.74, 6) is 0.813. The minimum Gasteiger partial charge on any atom is -0.481 e. The molecule has 1 amide bonds. The Morgan fingerprint density at radius 2 is 1.74 bits per heavy atom. The number of hydrogen-bond donors (Lipinski definition) is 0. The summed E-state index contributed by atoms with van der Waals surface area (Å²) in [5, 5.41) is 0. The lowest BCUT2D eigenvalue weighted by atomic mass is 10.0. The number of rotatable bonds is 5. The summed E-state index contributed by atoms with van der Waals surface area (Å²) in [6.45, 7) is 10.5. The van der Waals surface area contributed by atoms with E-state index >= 15 is 0 Å². The maximum atomic E-state index is 12.6. The van der Waals surface area contributed by atoms with Crippen molar-refractivity contribution in [3.05, 3.63) is 29.8 Å². The first-order chi connectivity index (χ1) is 10.9. The van der Waals surface area contributed by atoms with Gasteiger partial charge in [0.25, 0.3) is 5.91 Å². The minimum atomic E-state index is -0.453. The standard InChI is InChI=1S/C19H30N2O2/c1-14(2)21-12-10-17(11-13-21)20(5)19(22)16(4)23-18-8-6-15(3)7-9-18/h6-9,14,16-17H,10-13H2,1-5H3. The van der Waals surface area contributed by atoms with Crippen molar-refractivity contribution in [3.8, 4) is 5.75 Å². The lowest BCUT2D eigenvalue weighted by Crippen LogP contribution is -2.50. The predicted octanol–water partition coefficient (Wildman–Crippen LogP) is 3.09. The van der Waals surface area contributed by atoms with Gasteiger partial charge in [-0.2, -0.15) is 0 Å². The molecule has 1 heterocycles. The van der Waals surface area contributed by atoms with Gasteiger partial charge in [0.1, 0.15) is 5.75 Å². The van der Waals surface area contributed by atoms with Crippen molar-refractivity contribution in [2.24, 2.45) is 0 Å². The minimum absolute atomic E-state index is 0.0635. The van der Waals surface area contributed by atoms with E-state index in [4.69, 9.17) is 4.74 Å².